The molecule has 80 valence electrons. The number of ether oxygens (including phenoxy) is 1. The molecular formula is C12H16NO2+. The van der Waals surface area contributed by atoms with E-state index in [9.17, 15) is 4.79 Å². The standard InChI is InChI=1S/C12H16NO2/c1-13(2,3)10-6-4-9-5-7-12(14)15-11(9)8-10/h4,6,8H,5,7H2,1-3H3/q+1. The first-order valence-corrected chi connectivity index (χ1v) is 5.12. The minimum Gasteiger partial charge on any atom is -0.426 e. The predicted molar refractivity (Wildman–Crippen MR) is 60.0 cm³/mol. The summed E-state index contributed by atoms with van der Waals surface area (Å²) >= 11 is 0. The molecule has 0 amide bonds. The van der Waals surface area contributed by atoms with E-state index < -0.39 is 0 Å². The highest BCUT2D eigenvalue weighted by Crippen LogP contribution is 2.30. The lowest BCUT2D eigenvalue weighted by Gasteiger charge is -2.25. The van der Waals surface area contributed by atoms with E-state index in [-0.39, 0.29) is 5.97 Å². The number of quaternary nitrogens is 1. The molecule has 15 heavy (non-hydrogen) atoms. The van der Waals surface area contributed by atoms with Crippen molar-refractivity contribution in [1.82, 2.24) is 4.48 Å². The zero-order valence-electron chi connectivity index (χ0n) is 9.41. The van der Waals surface area contributed by atoms with E-state index in [4.69, 9.17) is 4.74 Å². The lowest BCUT2D eigenvalue weighted by molar-refractivity contribution is -0.135. The van der Waals surface area contributed by atoms with Gasteiger partial charge in [-0.15, -0.1) is 0 Å². The number of hydrogen-bond acceptors (Lipinski definition) is 2. The molecular weight excluding hydrogens is 190 g/mol. The Balaban J connectivity index is 2.41. The second kappa shape index (κ2) is 3.35. The van der Waals surface area contributed by atoms with Gasteiger partial charge in [0.15, 0.2) is 0 Å². The van der Waals surface area contributed by atoms with Crippen LogP contribution < -0.4 is 9.22 Å². The molecule has 0 atom stereocenters. The van der Waals surface area contributed by atoms with Crippen molar-refractivity contribution in [3.05, 3.63) is 23.8 Å². The third-order valence-corrected chi connectivity index (χ3v) is 2.65. The number of nitrogens with zero attached hydrogens (tertiary/aromatic N) is 1. The van der Waals surface area contributed by atoms with Gasteiger partial charge in [0.1, 0.15) is 11.4 Å². The number of hydrogen-bond donors (Lipinski definition) is 0. The second-order valence-electron chi connectivity index (χ2n) is 4.78. The molecule has 1 aliphatic heterocycles. The Morgan fingerprint density at radius 1 is 1.20 bits per heavy atom. The molecule has 0 spiro atoms. The van der Waals surface area contributed by atoms with Crippen LogP contribution in [-0.4, -0.2) is 27.1 Å². The summed E-state index contributed by atoms with van der Waals surface area (Å²) in [6.07, 6.45) is 1.29. The van der Waals surface area contributed by atoms with Gasteiger partial charge in [0.05, 0.1) is 27.6 Å². The Morgan fingerprint density at radius 3 is 2.60 bits per heavy atom. The van der Waals surface area contributed by atoms with Crippen LogP contribution in [0.1, 0.15) is 12.0 Å². The van der Waals surface area contributed by atoms with Gasteiger partial charge in [0, 0.05) is 6.07 Å². The number of esters is 1. The van der Waals surface area contributed by atoms with E-state index in [0.29, 0.717) is 6.42 Å². The Morgan fingerprint density at radius 2 is 1.93 bits per heavy atom. The van der Waals surface area contributed by atoms with Gasteiger partial charge < -0.3 is 4.74 Å². The first kappa shape index (κ1) is 10.2. The third kappa shape index (κ3) is 2.02. The van der Waals surface area contributed by atoms with Crippen molar-refractivity contribution in [2.24, 2.45) is 0 Å². The largest absolute Gasteiger partial charge is 0.426 e. The summed E-state index contributed by atoms with van der Waals surface area (Å²) in [4.78, 5) is 11.2. The normalized spacial score (nSPS) is 15.8. The smallest absolute Gasteiger partial charge is 0.311 e. The quantitative estimate of drug-likeness (QED) is 0.397. The highest BCUT2D eigenvalue weighted by molar-refractivity contribution is 5.76. The Hall–Kier alpha value is -1.35. The molecule has 3 nitrogen and oxygen atoms in total. The van der Waals surface area contributed by atoms with E-state index in [1.165, 1.54) is 0 Å². The summed E-state index contributed by atoms with van der Waals surface area (Å²) in [7, 11) is 6.27. The fourth-order valence-corrected chi connectivity index (χ4v) is 1.67. The summed E-state index contributed by atoms with van der Waals surface area (Å²) in [5, 5.41) is 0. The Bertz CT molecular complexity index is 405. The molecule has 0 saturated carbocycles. The highest BCUT2D eigenvalue weighted by Gasteiger charge is 2.20. The monoisotopic (exact) mass is 206 g/mol. The molecule has 0 saturated heterocycles. The molecule has 1 heterocycles. The van der Waals surface area contributed by atoms with Crippen LogP contribution in [-0.2, 0) is 11.2 Å². The van der Waals surface area contributed by atoms with E-state index >= 15 is 0 Å². The Kier molecular flexibility index (Phi) is 2.27. The van der Waals surface area contributed by atoms with Crippen LogP contribution in [0.2, 0.25) is 0 Å². The van der Waals surface area contributed by atoms with Gasteiger partial charge in [-0.3, -0.25) is 9.28 Å². The molecule has 0 aliphatic carbocycles. The van der Waals surface area contributed by atoms with Gasteiger partial charge in [-0.2, -0.15) is 0 Å². The van der Waals surface area contributed by atoms with Crippen LogP contribution in [0.3, 0.4) is 0 Å². The molecule has 1 aromatic carbocycles. The third-order valence-electron chi connectivity index (χ3n) is 2.65. The number of rotatable bonds is 1. The fourth-order valence-electron chi connectivity index (χ4n) is 1.67. The zero-order valence-corrected chi connectivity index (χ0v) is 9.41. The molecule has 0 N–H and O–H groups in total. The van der Waals surface area contributed by atoms with E-state index in [2.05, 4.69) is 33.3 Å². The van der Waals surface area contributed by atoms with Crippen LogP contribution >= 0.6 is 0 Å². The summed E-state index contributed by atoms with van der Waals surface area (Å²) in [5.41, 5.74) is 2.27. The number of carbonyl (C=O) groups excluding carboxylic acids is 1. The molecule has 3 heteroatoms. The van der Waals surface area contributed by atoms with Crippen molar-refractivity contribution in [1.29, 1.82) is 0 Å². The average Bonchev–Trinajstić information content (AvgIpc) is 2.15. The van der Waals surface area contributed by atoms with Gasteiger partial charge in [-0.1, -0.05) is 0 Å². The minimum atomic E-state index is -0.124. The predicted octanol–water partition coefficient (Wildman–Crippen LogP) is 1.73. The maximum Gasteiger partial charge on any atom is 0.311 e. The van der Waals surface area contributed by atoms with Gasteiger partial charge >= 0.3 is 5.97 Å². The van der Waals surface area contributed by atoms with Gasteiger partial charge in [0.2, 0.25) is 0 Å². The molecule has 0 aromatic heterocycles. The number of benzene rings is 1. The molecule has 0 bridgehead atoms. The van der Waals surface area contributed by atoms with E-state index in [1.807, 2.05) is 6.07 Å². The first-order valence-electron chi connectivity index (χ1n) is 5.12. The van der Waals surface area contributed by atoms with Crippen LogP contribution in [0, 0.1) is 0 Å². The molecule has 1 aromatic rings. The number of fused-ring (bicyclic) bond motifs is 1. The first-order chi connectivity index (χ1) is 6.97. The van der Waals surface area contributed by atoms with Crippen LogP contribution in [0.5, 0.6) is 5.75 Å². The summed E-state index contributed by atoms with van der Waals surface area (Å²) in [5.74, 6) is 0.609. The Labute approximate surface area is 89.9 Å². The number of carbonyl (C=O) groups is 1. The van der Waals surface area contributed by atoms with E-state index in [0.717, 1.165) is 27.9 Å². The second-order valence-corrected chi connectivity index (χ2v) is 4.78. The van der Waals surface area contributed by atoms with E-state index in [1.54, 1.807) is 0 Å². The lowest BCUT2D eigenvalue weighted by Crippen LogP contribution is -2.34. The maximum atomic E-state index is 11.2. The molecule has 0 fully saturated rings. The SMILES string of the molecule is C[N+](C)(C)c1ccc2c(c1)OC(=O)CC2. The summed E-state index contributed by atoms with van der Waals surface area (Å²) in [6.45, 7) is 0. The molecule has 2 rings (SSSR count). The number of aryl methyl sites for hydroxylation is 1. The van der Waals surface area contributed by atoms with Crippen LogP contribution in [0.15, 0.2) is 18.2 Å². The van der Waals surface area contributed by atoms with Crippen LogP contribution in [0.4, 0.5) is 5.69 Å². The lowest BCUT2D eigenvalue weighted by atomic mass is 10.1. The summed E-state index contributed by atoms with van der Waals surface area (Å²) < 4.78 is 5.95. The molecule has 1 aliphatic rings. The van der Waals surface area contributed by atoms with Crippen molar-refractivity contribution in [2.45, 2.75) is 12.8 Å². The van der Waals surface area contributed by atoms with Gasteiger partial charge in [-0.25, -0.2) is 0 Å². The van der Waals surface area contributed by atoms with Crippen molar-refractivity contribution in [3.63, 3.8) is 0 Å². The van der Waals surface area contributed by atoms with Crippen molar-refractivity contribution < 1.29 is 9.53 Å². The minimum absolute atomic E-state index is 0.124. The highest BCUT2D eigenvalue weighted by atomic mass is 16.5. The van der Waals surface area contributed by atoms with Gasteiger partial charge in [-0.05, 0) is 24.1 Å². The zero-order chi connectivity index (χ0) is 11.1. The van der Waals surface area contributed by atoms with Crippen molar-refractivity contribution in [2.75, 3.05) is 21.1 Å². The van der Waals surface area contributed by atoms with Crippen LogP contribution in [0.25, 0.3) is 0 Å². The van der Waals surface area contributed by atoms with Crippen molar-refractivity contribution >= 4 is 11.7 Å². The molecule has 0 radical (unpaired) electrons. The average molecular weight is 206 g/mol. The fraction of sp³-hybridized carbons (Fsp3) is 0.417. The van der Waals surface area contributed by atoms with Gasteiger partial charge in [0.25, 0.3) is 0 Å². The van der Waals surface area contributed by atoms with Crippen molar-refractivity contribution in [3.8, 4) is 5.75 Å². The summed E-state index contributed by atoms with van der Waals surface area (Å²) in [6, 6.07) is 6.12. The topological polar surface area (TPSA) is 26.3 Å². The molecule has 0 unspecified atom stereocenters. The maximum absolute atomic E-state index is 11.2.